The second-order valence-electron chi connectivity index (χ2n) is 5.72. The van der Waals surface area contributed by atoms with Gasteiger partial charge in [-0.3, -0.25) is 4.90 Å². The van der Waals surface area contributed by atoms with Gasteiger partial charge in [0, 0.05) is 12.1 Å². The third-order valence-corrected chi connectivity index (χ3v) is 4.21. The first kappa shape index (κ1) is 14.3. The third-order valence-electron chi connectivity index (χ3n) is 4.21. The zero-order valence-electron chi connectivity index (χ0n) is 11.8. The van der Waals surface area contributed by atoms with Crippen LogP contribution in [0.4, 0.5) is 4.39 Å². The van der Waals surface area contributed by atoms with E-state index in [2.05, 4.69) is 11.8 Å². The zero-order chi connectivity index (χ0) is 13.9. The highest BCUT2D eigenvalue weighted by molar-refractivity contribution is 5.31. The van der Waals surface area contributed by atoms with Crippen molar-refractivity contribution < 1.29 is 9.13 Å². The minimum Gasteiger partial charge on any atom is -0.494 e. The molecule has 0 radical (unpaired) electrons. The standard InChI is InChI=1S/C15H23FN2O/c1-15(11-17)6-8-18(9-7-15)10-12-4-3-5-13(19-2)14(12)16/h3-5H,6-11,17H2,1-2H3. The Morgan fingerprint density at radius 1 is 1.37 bits per heavy atom. The fourth-order valence-corrected chi connectivity index (χ4v) is 2.53. The number of ether oxygens (including phenoxy) is 1. The number of hydrogen-bond donors (Lipinski definition) is 1. The van der Waals surface area contributed by atoms with Crippen LogP contribution in [0.2, 0.25) is 0 Å². The minimum absolute atomic E-state index is 0.239. The molecule has 1 aromatic rings. The molecule has 2 rings (SSSR count). The number of nitrogens with zero attached hydrogens (tertiary/aromatic N) is 1. The summed E-state index contributed by atoms with van der Waals surface area (Å²) >= 11 is 0. The van der Waals surface area contributed by atoms with Gasteiger partial charge in [0.05, 0.1) is 7.11 Å². The number of halogens is 1. The van der Waals surface area contributed by atoms with Gasteiger partial charge in [0.15, 0.2) is 11.6 Å². The van der Waals surface area contributed by atoms with E-state index in [1.165, 1.54) is 7.11 Å². The van der Waals surface area contributed by atoms with Gasteiger partial charge in [0.25, 0.3) is 0 Å². The predicted molar refractivity (Wildman–Crippen MR) is 74.6 cm³/mol. The van der Waals surface area contributed by atoms with Crippen LogP contribution in [0, 0.1) is 11.2 Å². The highest BCUT2D eigenvalue weighted by atomic mass is 19.1. The summed E-state index contributed by atoms with van der Waals surface area (Å²) in [4.78, 5) is 2.29. The van der Waals surface area contributed by atoms with Gasteiger partial charge in [-0.05, 0) is 44.0 Å². The summed E-state index contributed by atoms with van der Waals surface area (Å²) in [5.41, 5.74) is 6.76. The van der Waals surface area contributed by atoms with Crippen LogP contribution in [-0.2, 0) is 6.54 Å². The van der Waals surface area contributed by atoms with Crippen LogP contribution >= 0.6 is 0 Å². The highest BCUT2D eigenvalue weighted by Gasteiger charge is 2.28. The maximum absolute atomic E-state index is 14.1. The highest BCUT2D eigenvalue weighted by Crippen LogP contribution is 2.30. The average Bonchev–Trinajstić information content (AvgIpc) is 2.44. The van der Waals surface area contributed by atoms with Crippen molar-refractivity contribution in [1.82, 2.24) is 4.90 Å². The molecule has 1 aromatic carbocycles. The maximum Gasteiger partial charge on any atom is 0.169 e. The van der Waals surface area contributed by atoms with Crippen molar-refractivity contribution in [2.45, 2.75) is 26.3 Å². The molecular formula is C15H23FN2O. The van der Waals surface area contributed by atoms with E-state index in [-0.39, 0.29) is 11.2 Å². The summed E-state index contributed by atoms with van der Waals surface area (Å²) in [6.07, 6.45) is 2.16. The van der Waals surface area contributed by atoms with Crippen LogP contribution in [0.3, 0.4) is 0 Å². The van der Waals surface area contributed by atoms with Crippen LogP contribution in [0.1, 0.15) is 25.3 Å². The first-order valence-electron chi connectivity index (χ1n) is 6.82. The topological polar surface area (TPSA) is 38.5 Å². The average molecular weight is 266 g/mol. The Labute approximate surface area is 114 Å². The van der Waals surface area contributed by atoms with E-state index >= 15 is 0 Å². The molecule has 2 N–H and O–H groups in total. The van der Waals surface area contributed by atoms with Crippen molar-refractivity contribution in [1.29, 1.82) is 0 Å². The summed E-state index contributed by atoms with van der Waals surface area (Å²) < 4.78 is 19.1. The maximum atomic E-state index is 14.1. The van der Waals surface area contributed by atoms with E-state index in [1.807, 2.05) is 12.1 Å². The van der Waals surface area contributed by atoms with E-state index in [1.54, 1.807) is 6.07 Å². The molecule has 19 heavy (non-hydrogen) atoms. The quantitative estimate of drug-likeness (QED) is 0.909. The van der Waals surface area contributed by atoms with Gasteiger partial charge in [-0.1, -0.05) is 19.1 Å². The van der Waals surface area contributed by atoms with Crippen molar-refractivity contribution in [2.24, 2.45) is 11.1 Å². The smallest absolute Gasteiger partial charge is 0.169 e. The Morgan fingerprint density at radius 2 is 2.05 bits per heavy atom. The summed E-state index contributed by atoms with van der Waals surface area (Å²) in [5.74, 6) is 0.0819. The van der Waals surface area contributed by atoms with Crippen LogP contribution in [0.25, 0.3) is 0 Å². The van der Waals surface area contributed by atoms with Crippen molar-refractivity contribution in [3.8, 4) is 5.75 Å². The predicted octanol–water partition coefficient (Wildman–Crippen LogP) is 2.40. The molecule has 1 saturated heterocycles. The van der Waals surface area contributed by atoms with Crippen LogP contribution < -0.4 is 10.5 Å². The van der Waals surface area contributed by atoms with E-state index in [4.69, 9.17) is 10.5 Å². The SMILES string of the molecule is COc1cccc(CN2CCC(C)(CN)CC2)c1F. The molecule has 0 aromatic heterocycles. The van der Waals surface area contributed by atoms with Crippen LogP contribution in [0.5, 0.6) is 5.75 Å². The molecule has 1 fully saturated rings. The lowest BCUT2D eigenvalue weighted by Crippen LogP contribution is -2.41. The molecule has 0 aliphatic carbocycles. The zero-order valence-corrected chi connectivity index (χ0v) is 11.8. The first-order chi connectivity index (χ1) is 9.08. The monoisotopic (exact) mass is 266 g/mol. The summed E-state index contributed by atoms with van der Waals surface area (Å²) in [6, 6.07) is 5.32. The van der Waals surface area contributed by atoms with E-state index in [9.17, 15) is 4.39 Å². The number of methoxy groups -OCH3 is 1. The Morgan fingerprint density at radius 3 is 2.63 bits per heavy atom. The molecule has 0 atom stereocenters. The van der Waals surface area contributed by atoms with Gasteiger partial charge in [0.1, 0.15) is 0 Å². The lowest BCUT2D eigenvalue weighted by atomic mass is 9.80. The summed E-state index contributed by atoms with van der Waals surface area (Å²) in [6.45, 7) is 5.56. The third kappa shape index (κ3) is 3.25. The lowest BCUT2D eigenvalue weighted by Gasteiger charge is -2.38. The number of rotatable bonds is 4. The van der Waals surface area contributed by atoms with E-state index < -0.39 is 0 Å². The molecule has 106 valence electrons. The summed E-state index contributed by atoms with van der Waals surface area (Å²) in [7, 11) is 1.50. The number of likely N-dealkylation sites (tertiary alicyclic amines) is 1. The lowest BCUT2D eigenvalue weighted by molar-refractivity contribution is 0.118. The first-order valence-corrected chi connectivity index (χ1v) is 6.82. The summed E-state index contributed by atoms with van der Waals surface area (Å²) in [5, 5.41) is 0. The van der Waals surface area contributed by atoms with Crippen molar-refractivity contribution in [2.75, 3.05) is 26.7 Å². The molecule has 0 bridgehead atoms. The second kappa shape index (κ2) is 5.88. The molecule has 4 heteroatoms. The fraction of sp³-hybridized carbons (Fsp3) is 0.600. The number of piperidine rings is 1. The molecule has 0 amide bonds. The second-order valence-corrected chi connectivity index (χ2v) is 5.72. The van der Waals surface area contributed by atoms with Crippen molar-refractivity contribution in [3.63, 3.8) is 0 Å². The van der Waals surface area contributed by atoms with Gasteiger partial charge in [-0.15, -0.1) is 0 Å². The minimum atomic E-state index is -0.239. The number of hydrogen-bond acceptors (Lipinski definition) is 3. The van der Waals surface area contributed by atoms with E-state index in [0.29, 0.717) is 17.9 Å². The van der Waals surface area contributed by atoms with Gasteiger partial charge in [-0.2, -0.15) is 0 Å². The van der Waals surface area contributed by atoms with Crippen molar-refractivity contribution >= 4 is 0 Å². The molecule has 1 aliphatic rings. The normalized spacial score (nSPS) is 19.4. The van der Waals surface area contributed by atoms with Crippen molar-refractivity contribution in [3.05, 3.63) is 29.6 Å². The Balaban J connectivity index is 2.00. The van der Waals surface area contributed by atoms with Gasteiger partial charge in [-0.25, -0.2) is 4.39 Å². The molecular weight excluding hydrogens is 243 g/mol. The largest absolute Gasteiger partial charge is 0.494 e. The number of benzene rings is 1. The Bertz CT molecular complexity index is 428. The van der Waals surface area contributed by atoms with Gasteiger partial charge >= 0.3 is 0 Å². The molecule has 3 nitrogen and oxygen atoms in total. The molecule has 0 spiro atoms. The number of nitrogens with two attached hydrogens (primary N) is 1. The van der Waals surface area contributed by atoms with E-state index in [0.717, 1.165) is 32.5 Å². The molecule has 0 unspecified atom stereocenters. The molecule has 1 heterocycles. The Hall–Kier alpha value is -1.13. The fourth-order valence-electron chi connectivity index (χ4n) is 2.53. The van der Waals surface area contributed by atoms with Crippen LogP contribution in [-0.4, -0.2) is 31.6 Å². The molecule has 1 aliphatic heterocycles. The van der Waals surface area contributed by atoms with Crippen LogP contribution in [0.15, 0.2) is 18.2 Å². The molecule has 0 saturated carbocycles. The Kier molecular flexibility index (Phi) is 4.42. The van der Waals surface area contributed by atoms with Gasteiger partial charge < -0.3 is 10.5 Å². The van der Waals surface area contributed by atoms with Gasteiger partial charge in [0.2, 0.25) is 0 Å².